The number of aromatic amines is 1. The van der Waals surface area contributed by atoms with Crippen molar-refractivity contribution in [2.75, 3.05) is 12.8 Å². The van der Waals surface area contributed by atoms with Gasteiger partial charge in [-0.25, -0.2) is 4.98 Å². The highest BCUT2D eigenvalue weighted by Gasteiger charge is 2.15. The van der Waals surface area contributed by atoms with Crippen molar-refractivity contribution in [3.05, 3.63) is 18.7 Å². The Bertz CT molecular complexity index is 657. The molecule has 0 fully saturated rings. The summed E-state index contributed by atoms with van der Waals surface area (Å²) in [5.74, 6) is 0.688. The van der Waals surface area contributed by atoms with E-state index in [0.717, 1.165) is 5.56 Å². The van der Waals surface area contributed by atoms with E-state index in [9.17, 15) is 0 Å². The summed E-state index contributed by atoms with van der Waals surface area (Å²) in [6.07, 6.45) is 4.91. The van der Waals surface area contributed by atoms with Crippen molar-refractivity contribution >= 4 is 11.6 Å². The van der Waals surface area contributed by atoms with Crippen LogP contribution in [0, 0.1) is 0 Å². The van der Waals surface area contributed by atoms with Gasteiger partial charge >= 0.3 is 0 Å². The molecule has 17 heavy (non-hydrogen) atoms. The number of rotatable bonds is 2. The Kier molecular flexibility index (Phi) is 1.94. The van der Waals surface area contributed by atoms with E-state index in [2.05, 4.69) is 25.3 Å². The minimum atomic E-state index is 0.175. The molecule has 3 aromatic rings. The van der Waals surface area contributed by atoms with E-state index in [1.165, 1.54) is 10.8 Å². The summed E-state index contributed by atoms with van der Waals surface area (Å²) in [6, 6.07) is 0. The van der Waals surface area contributed by atoms with Gasteiger partial charge in [-0.3, -0.25) is 5.10 Å². The number of nitrogen functional groups attached to an aromatic ring is 1. The Hall–Kier alpha value is -2.64. The number of nitrogens with zero attached hydrogens (tertiary/aromatic N) is 5. The van der Waals surface area contributed by atoms with Crippen LogP contribution in [0.1, 0.15) is 0 Å². The lowest BCUT2D eigenvalue weighted by Gasteiger charge is -2.05. The molecule has 3 aromatic heterocycles. The molecule has 86 valence electrons. The van der Waals surface area contributed by atoms with Gasteiger partial charge in [0.25, 0.3) is 0 Å². The zero-order chi connectivity index (χ0) is 11.8. The van der Waals surface area contributed by atoms with Gasteiger partial charge in [-0.05, 0) is 0 Å². The van der Waals surface area contributed by atoms with Gasteiger partial charge in [-0.1, -0.05) is 0 Å². The number of fused-ring (bicyclic) bond motifs is 1. The van der Waals surface area contributed by atoms with Crippen LogP contribution in [0.25, 0.3) is 16.9 Å². The van der Waals surface area contributed by atoms with Gasteiger partial charge in [-0.2, -0.15) is 14.6 Å². The smallest absolute Gasteiger partial charge is 0.240 e. The lowest BCUT2D eigenvalue weighted by molar-refractivity contribution is 0.416. The van der Waals surface area contributed by atoms with Crippen LogP contribution in [-0.4, -0.2) is 36.9 Å². The van der Waals surface area contributed by atoms with E-state index < -0.39 is 0 Å². The van der Waals surface area contributed by atoms with Crippen LogP contribution in [0.2, 0.25) is 0 Å². The van der Waals surface area contributed by atoms with Gasteiger partial charge in [-0.15, -0.1) is 5.10 Å². The van der Waals surface area contributed by atoms with E-state index >= 15 is 0 Å². The van der Waals surface area contributed by atoms with E-state index in [1.54, 1.807) is 19.5 Å². The minimum absolute atomic E-state index is 0.175. The van der Waals surface area contributed by atoms with Gasteiger partial charge in [0.15, 0.2) is 5.75 Å². The highest BCUT2D eigenvalue weighted by molar-refractivity contribution is 5.73. The van der Waals surface area contributed by atoms with Gasteiger partial charge < -0.3 is 10.5 Å². The van der Waals surface area contributed by atoms with E-state index in [4.69, 9.17) is 10.5 Å². The third-order valence-corrected chi connectivity index (χ3v) is 2.34. The number of hydrogen-bond donors (Lipinski definition) is 2. The number of anilines is 1. The molecule has 8 nitrogen and oxygen atoms in total. The molecule has 3 heterocycles. The fourth-order valence-electron chi connectivity index (χ4n) is 1.63. The number of nitrogens with one attached hydrogen (secondary N) is 1. The molecular weight excluding hydrogens is 222 g/mol. The third kappa shape index (κ3) is 1.38. The zero-order valence-corrected chi connectivity index (χ0v) is 8.95. The normalized spacial score (nSPS) is 10.9. The van der Waals surface area contributed by atoms with Gasteiger partial charge in [0.05, 0.1) is 13.3 Å². The van der Waals surface area contributed by atoms with Crippen LogP contribution in [0.15, 0.2) is 18.7 Å². The fourth-order valence-corrected chi connectivity index (χ4v) is 1.63. The molecule has 0 aliphatic rings. The average Bonchev–Trinajstić information content (AvgIpc) is 2.94. The first-order valence-electron chi connectivity index (χ1n) is 4.83. The maximum Gasteiger partial charge on any atom is 0.240 e. The highest BCUT2D eigenvalue weighted by Crippen LogP contribution is 2.29. The zero-order valence-electron chi connectivity index (χ0n) is 8.95. The SMILES string of the molecule is COc1c(-c2cn[nH]c2)ncn2nc(N)nc12. The number of H-pyrrole nitrogens is 1. The molecule has 0 aliphatic carbocycles. The predicted octanol–water partition coefficient (Wildman–Crippen LogP) is 0.105. The van der Waals surface area contributed by atoms with Crippen LogP contribution >= 0.6 is 0 Å². The van der Waals surface area contributed by atoms with Crippen LogP contribution in [0.3, 0.4) is 0 Å². The van der Waals surface area contributed by atoms with Gasteiger partial charge in [0, 0.05) is 11.8 Å². The number of hydrogen-bond acceptors (Lipinski definition) is 6. The second kappa shape index (κ2) is 3.44. The molecule has 0 radical (unpaired) electrons. The quantitative estimate of drug-likeness (QED) is 0.648. The monoisotopic (exact) mass is 231 g/mol. The first-order chi connectivity index (χ1) is 8.29. The standard InChI is InChI=1S/C9H9N7O/c1-17-7-6(5-2-12-13-3-5)11-4-16-8(7)14-9(10)15-16/h2-4H,1H3,(H2,10,15)(H,12,13). The molecule has 0 saturated carbocycles. The number of ether oxygens (including phenoxy) is 1. The van der Waals surface area contributed by atoms with Gasteiger partial charge in [0.1, 0.15) is 12.0 Å². The van der Waals surface area contributed by atoms with E-state index in [1.807, 2.05) is 0 Å². The minimum Gasteiger partial charge on any atom is -0.491 e. The Labute approximate surface area is 95.4 Å². The molecule has 3 rings (SSSR count). The Morgan fingerprint density at radius 2 is 2.35 bits per heavy atom. The summed E-state index contributed by atoms with van der Waals surface area (Å²) in [5.41, 5.74) is 7.51. The predicted molar refractivity (Wildman–Crippen MR) is 59.3 cm³/mol. The number of aromatic nitrogens is 6. The van der Waals surface area contributed by atoms with Crippen molar-refractivity contribution in [3.8, 4) is 17.0 Å². The molecule has 0 unspecified atom stereocenters. The largest absolute Gasteiger partial charge is 0.491 e. The second-order valence-electron chi connectivity index (χ2n) is 3.35. The van der Waals surface area contributed by atoms with Crippen molar-refractivity contribution in [3.63, 3.8) is 0 Å². The summed E-state index contributed by atoms with van der Waals surface area (Å²) < 4.78 is 6.78. The molecule has 0 saturated heterocycles. The van der Waals surface area contributed by atoms with Crippen molar-refractivity contribution in [1.29, 1.82) is 0 Å². The summed E-state index contributed by atoms with van der Waals surface area (Å²) in [5, 5.41) is 10.6. The number of nitrogens with two attached hydrogens (primary N) is 1. The maximum absolute atomic E-state index is 5.54. The Morgan fingerprint density at radius 3 is 3.06 bits per heavy atom. The van der Waals surface area contributed by atoms with Crippen molar-refractivity contribution < 1.29 is 4.74 Å². The molecular formula is C9H9N7O. The van der Waals surface area contributed by atoms with E-state index in [-0.39, 0.29) is 5.95 Å². The molecule has 0 bridgehead atoms. The Morgan fingerprint density at radius 1 is 1.47 bits per heavy atom. The van der Waals surface area contributed by atoms with Crippen molar-refractivity contribution in [1.82, 2.24) is 29.8 Å². The molecule has 3 N–H and O–H groups in total. The molecule has 0 spiro atoms. The topological polar surface area (TPSA) is 107 Å². The fraction of sp³-hybridized carbons (Fsp3) is 0.111. The first kappa shape index (κ1) is 9.58. The maximum atomic E-state index is 5.54. The summed E-state index contributed by atoms with van der Waals surface area (Å²) in [7, 11) is 1.55. The average molecular weight is 231 g/mol. The molecule has 0 amide bonds. The van der Waals surface area contributed by atoms with Crippen molar-refractivity contribution in [2.24, 2.45) is 0 Å². The summed E-state index contributed by atoms with van der Waals surface area (Å²) >= 11 is 0. The van der Waals surface area contributed by atoms with E-state index in [0.29, 0.717) is 17.1 Å². The van der Waals surface area contributed by atoms with Crippen LogP contribution in [-0.2, 0) is 0 Å². The molecule has 0 aliphatic heterocycles. The second-order valence-corrected chi connectivity index (χ2v) is 3.35. The van der Waals surface area contributed by atoms with Crippen LogP contribution in [0.4, 0.5) is 5.95 Å². The lowest BCUT2D eigenvalue weighted by atomic mass is 10.2. The molecule has 8 heteroatoms. The van der Waals surface area contributed by atoms with Crippen molar-refractivity contribution in [2.45, 2.75) is 0 Å². The lowest BCUT2D eigenvalue weighted by Crippen LogP contribution is -1.97. The number of methoxy groups -OCH3 is 1. The van der Waals surface area contributed by atoms with Crippen LogP contribution < -0.4 is 10.5 Å². The molecule has 0 aromatic carbocycles. The van der Waals surface area contributed by atoms with Gasteiger partial charge in [0.2, 0.25) is 11.6 Å². The molecule has 0 atom stereocenters. The summed E-state index contributed by atoms with van der Waals surface area (Å²) in [6.45, 7) is 0. The van der Waals surface area contributed by atoms with Crippen LogP contribution in [0.5, 0.6) is 5.75 Å². The first-order valence-corrected chi connectivity index (χ1v) is 4.83. The summed E-state index contributed by atoms with van der Waals surface area (Å²) in [4.78, 5) is 8.34. The third-order valence-electron chi connectivity index (χ3n) is 2.34. The Balaban J connectivity index is 2.32. The highest BCUT2D eigenvalue weighted by atomic mass is 16.5.